The van der Waals surface area contributed by atoms with E-state index in [1.165, 1.54) is 30.8 Å². The predicted molar refractivity (Wildman–Crippen MR) is 75.7 cm³/mol. The predicted octanol–water partition coefficient (Wildman–Crippen LogP) is 2.79. The third-order valence-corrected chi connectivity index (χ3v) is 3.05. The molecule has 0 bridgehead atoms. The van der Waals surface area contributed by atoms with Gasteiger partial charge in [0, 0.05) is 12.7 Å². The van der Waals surface area contributed by atoms with Crippen molar-refractivity contribution in [3.63, 3.8) is 0 Å². The summed E-state index contributed by atoms with van der Waals surface area (Å²) in [4.78, 5) is 22.4. The zero-order valence-corrected chi connectivity index (χ0v) is 12.4. The number of nitrogens with zero attached hydrogens (tertiary/aromatic N) is 3. The Hall–Kier alpha value is -3.11. The number of carbonyl (C=O) groups is 1. The third kappa shape index (κ3) is 3.80. The molecule has 24 heavy (non-hydrogen) atoms. The number of nitro groups is 1. The van der Waals surface area contributed by atoms with Crippen molar-refractivity contribution in [2.24, 2.45) is 7.05 Å². The summed E-state index contributed by atoms with van der Waals surface area (Å²) in [7, 11) is 1.45. The summed E-state index contributed by atoms with van der Waals surface area (Å²) in [5.41, 5.74) is -0.506. The van der Waals surface area contributed by atoms with E-state index < -0.39 is 34.3 Å². The number of anilines is 1. The third-order valence-electron chi connectivity index (χ3n) is 3.05. The van der Waals surface area contributed by atoms with E-state index >= 15 is 0 Å². The van der Waals surface area contributed by atoms with Crippen molar-refractivity contribution >= 4 is 17.3 Å². The van der Waals surface area contributed by atoms with Crippen LogP contribution in [0.4, 0.5) is 24.5 Å². The van der Waals surface area contributed by atoms with E-state index in [0.29, 0.717) is 0 Å². The van der Waals surface area contributed by atoms with Gasteiger partial charge in [-0.25, -0.2) is 0 Å². The lowest BCUT2D eigenvalue weighted by Gasteiger charge is -2.09. The van der Waals surface area contributed by atoms with Crippen LogP contribution >= 0.6 is 0 Å². The Morgan fingerprint density at radius 3 is 2.42 bits per heavy atom. The van der Waals surface area contributed by atoms with Crippen molar-refractivity contribution < 1.29 is 27.6 Å². The zero-order chi connectivity index (χ0) is 18.1. The molecule has 1 aromatic heterocycles. The first-order valence-corrected chi connectivity index (χ1v) is 6.43. The maximum atomic E-state index is 12.1. The monoisotopic (exact) mass is 344 g/mol. The Labute approximate surface area is 133 Å². The number of aromatic nitrogens is 2. The van der Waals surface area contributed by atoms with Crippen LogP contribution in [-0.4, -0.2) is 27.0 Å². The fraction of sp³-hybridized carbons (Fsp3) is 0.231. The number of benzene rings is 1. The number of hydrogen-bond acceptors (Lipinski definition) is 5. The lowest BCUT2D eigenvalue weighted by Crippen LogP contribution is -2.17. The minimum absolute atomic E-state index is 0.132. The summed E-state index contributed by atoms with van der Waals surface area (Å²) in [5.74, 6) is -1.31. The van der Waals surface area contributed by atoms with Gasteiger partial charge in [-0.2, -0.15) is 5.10 Å². The Bertz CT molecular complexity index is 784. The Morgan fingerprint density at radius 2 is 1.92 bits per heavy atom. The van der Waals surface area contributed by atoms with Gasteiger partial charge < -0.3 is 10.1 Å². The molecule has 0 spiro atoms. The zero-order valence-electron chi connectivity index (χ0n) is 12.4. The summed E-state index contributed by atoms with van der Waals surface area (Å²) in [6.07, 6.45) is -4.82. The molecule has 0 saturated carbocycles. The van der Waals surface area contributed by atoms with Crippen molar-refractivity contribution in [2.75, 3.05) is 5.32 Å². The van der Waals surface area contributed by atoms with E-state index in [4.69, 9.17) is 0 Å². The molecule has 1 amide bonds. The second kappa shape index (κ2) is 6.18. The average molecular weight is 344 g/mol. The van der Waals surface area contributed by atoms with Gasteiger partial charge in [-0.3, -0.25) is 19.6 Å². The van der Waals surface area contributed by atoms with Crippen LogP contribution in [0.15, 0.2) is 24.3 Å². The van der Waals surface area contributed by atoms with Gasteiger partial charge in [0.25, 0.3) is 5.91 Å². The maximum Gasteiger partial charge on any atom is 0.573 e. The number of rotatable bonds is 4. The number of amides is 1. The van der Waals surface area contributed by atoms with E-state index in [-0.39, 0.29) is 11.4 Å². The molecule has 0 aliphatic heterocycles. The van der Waals surface area contributed by atoms with Crippen LogP contribution in [0.3, 0.4) is 0 Å². The van der Waals surface area contributed by atoms with Crippen molar-refractivity contribution in [3.05, 3.63) is 45.8 Å². The summed E-state index contributed by atoms with van der Waals surface area (Å²) in [6, 6.07) is 4.34. The lowest BCUT2D eigenvalue weighted by molar-refractivity contribution is -0.385. The quantitative estimate of drug-likeness (QED) is 0.679. The molecule has 1 aromatic carbocycles. The van der Waals surface area contributed by atoms with Gasteiger partial charge in [-0.15, -0.1) is 13.2 Å². The van der Waals surface area contributed by atoms with Crippen LogP contribution in [0.1, 0.15) is 16.2 Å². The highest BCUT2D eigenvalue weighted by molar-refractivity contribution is 6.05. The number of aryl methyl sites for hydroxylation is 1. The fourth-order valence-corrected chi connectivity index (χ4v) is 1.90. The molecule has 1 heterocycles. The van der Waals surface area contributed by atoms with E-state index in [9.17, 15) is 28.1 Å². The lowest BCUT2D eigenvalue weighted by atomic mass is 10.2. The van der Waals surface area contributed by atoms with Gasteiger partial charge in [0.2, 0.25) is 5.69 Å². The minimum atomic E-state index is -4.82. The molecule has 2 aromatic rings. The first-order chi connectivity index (χ1) is 11.1. The van der Waals surface area contributed by atoms with Gasteiger partial charge >= 0.3 is 12.0 Å². The van der Waals surface area contributed by atoms with Crippen LogP contribution in [0.25, 0.3) is 0 Å². The molecular formula is C13H11F3N4O4. The van der Waals surface area contributed by atoms with Crippen LogP contribution in [0.5, 0.6) is 5.75 Å². The van der Waals surface area contributed by atoms with E-state index in [2.05, 4.69) is 15.2 Å². The van der Waals surface area contributed by atoms with Crippen molar-refractivity contribution in [2.45, 2.75) is 13.3 Å². The summed E-state index contributed by atoms with van der Waals surface area (Å²) in [6.45, 7) is 1.44. The molecule has 0 unspecified atom stereocenters. The molecule has 11 heteroatoms. The SMILES string of the molecule is Cc1c([N+](=O)[O-])c(C(=O)Nc2ccc(OC(F)(F)F)cc2)nn1C. The van der Waals surface area contributed by atoms with Crippen molar-refractivity contribution in [1.29, 1.82) is 0 Å². The molecule has 0 radical (unpaired) electrons. The highest BCUT2D eigenvalue weighted by Crippen LogP contribution is 2.25. The van der Waals surface area contributed by atoms with Gasteiger partial charge in [0.15, 0.2) is 0 Å². The summed E-state index contributed by atoms with van der Waals surface area (Å²) in [5, 5.41) is 17.2. The molecule has 128 valence electrons. The fourth-order valence-electron chi connectivity index (χ4n) is 1.90. The van der Waals surface area contributed by atoms with E-state index in [1.807, 2.05) is 0 Å². The van der Waals surface area contributed by atoms with E-state index in [0.717, 1.165) is 12.1 Å². The molecular weight excluding hydrogens is 333 g/mol. The van der Waals surface area contributed by atoms with Gasteiger partial charge in [-0.1, -0.05) is 0 Å². The number of carbonyl (C=O) groups excluding carboxylic acids is 1. The largest absolute Gasteiger partial charge is 0.573 e. The number of hydrogen-bond donors (Lipinski definition) is 1. The summed E-state index contributed by atoms with van der Waals surface area (Å²) < 4.78 is 41.1. The van der Waals surface area contributed by atoms with Crippen LogP contribution < -0.4 is 10.1 Å². The minimum Gasteiger partial charge on any atom is -0.406 e. The molecule has 0 aliphatic rings. The highest BCUT2D eigenvalue weighted by Gasteiger charge is 2.31. The topological polar surface area (TPSA) is 99.3 Å². The number of ether oxygens (including phenoxy) is 1. The standard InChI is InChI=1S/C13H11F3N4O4/c1-7-11(20(22)23)10(18-19(7)2)12(21)17-8-3-5-9(6-4-8)24-13(14,15)16/h3-6H,1-2H3,(H,17,21). The Morgan fingerprint density at radius 1 is 1.33 bits per heavy atom. The van der Waals surface area contributed by atoms with Gasteiger partial charge in [0.1, 0.15) is 11.4 Å². The van der Waals surface area contributed by atoms with Gasteiger partial charge in [-0.05, 0) is 31.2 Å². The second-order valence-electron chi connectivity index (χ2n) is 4.69. The number of alkyl halides is 3. The van der Waals surface area contributed by atoms with Crippen molar-refractivity contribution in [3.8, 4) is 5.75 Å². The first kappa shape index (κ1) is 17.2. The molecule has 8 nitrogen and oxygen atoms in total. The molecule has 0 fully saturated rings. The normalized spacial score (nSPS) is 11.2. The van der Waals surface area contributed by atoms with Crippen LogP contribution in [0, 0.1) is 17.0 Å². The van der Waals surface area contributed by atoms with Crippen molar-refractivity contribution in [1.82, 2.24) is 9.78 Å². The van der Waals surface area contributed by atoms with E-state index in [1.54, 1.807) is 0 Å². The molecule has 0 atom stereocenters. The molecule has 0 saturated heterocycles. The molecule has 2 rings (SSSR count). The Balaban J connectivity index is 2.19. The average Bonchev–Trinajstić information content (AvgIpc) is 2.75. The van der Waals surface area contributed by atoms with Crippen LogP contribution in [-0.2, 0) is 7.05 Å². The number of halogens is 3. The summed E-state index contributed by atoms with van der Waals surface area (Å²) >= 11 is 0. The Kier molecular flexibility index (Phi) is 4.44. The van der Waals surface area contributed by atoms with Crippen LogP contribution in [0.2, 0.25) is 0 Å². The smallest absolute Gasteiger partial charge is 0.406 e. The van der Waals surface area contributed by atoms with Gasteiger partial charge in [0.05, 0.1) is 4.92 Å². The maximum absolute atomic E-state index is 12.1. The number of nitrogens with one attached hydrogen (secondary N) is 1. The second-order valence-corrected chi connectivity index (χ2v) is 4.69. The molecule has 0 aliphatic carbocycles. The first-order valence-electron chi connectivity index (χ1n) is 6.43. The molecule has 1 N–H and O–H groups in total. The highest BCUT2D eigenvalue weighted by atomic mass is 19.4.